The van der Waals surface area contributed by atoms with E-state index in [2.05, 4.69) is 10.3 Å². The first-order valence-corrected chi connectivity index (χ1v) is 7.12. The summed E-state index contributed by atoms with van der Waals surface area (Å²) in [5.41, 5.74) is -0.692. The highest BCUT2D eigenvalue weighted by Gasteiger charge is 2.42. The molecular weight excluding hydrogens is 283 g/mol. The molecule has 116 valence electrons. The summed E-state index contributed by atoms with van der Waals surface area (Å²) in [7, 11) is 1.56. The molecule has 0 radical (unpaired) electrons. The molecule has 2 aliphatic rings. The fraction of sp³-hybridized carbons (Fsp3) is 0.643. The van der Waals surface area contributed by atoms with Gasteiger partial charge in [0.15, 0.2) is 0 Å². The topological polar surface area (TPSA) is 48.4 Å². The molecule has 3 rings (SSSR count). The van der Waals surface area contributed by atoms with E-state index in [4.69, 9.17) is 0 Å². The molecule has 4 nitrogen and oxygen atoms in total. The van der Waals surface area contributed by atoms with Gasteiger partial charge in [0.05, 0.1) is 11.7 Å². The van der Waals surface area contributed by atoms with Crippen molar-refractivity contribution in [1.29, 1.82) is 0 Å². The zero-order chi connectivity index (χ0) is 15.2. The fourth-order valence-electron chi connectivity index (χ4n) is 3.46. The van der Waals surface area contributed by atoms with Gasteiger partial charge in [-0.15, -0.1) is 0 Å². The molecule has 0 amide bonds. The van der Waals surface area contributed by atoms with Crippen LogP contribution in [0.15, 0.2) is 12.1 Å². The van der Waals surface area contributed by atoms with Gasteiger partial charge in [-0.05, 0) is 37.8 Å². The smallest absolute Gasteiger partial charge is 0.393 e. The van der Waals surface area contributed by atoms with Crippen molar-refractivity contribution < 1.29 is 18.3 Å². The van der Waals surface area contributed by atoms with Gasteiger partial charge in [0.25, 0.3) is 0 Å². The molecule has 2 bridgehead atoms. The van der Waals surface area contributed by atoms with Gasteiger partial charge in [-0.3, -0.25) is 0 Å². The van der Waals surface area contributed by atoms with Gasteiger partial charge in [0.2, 0.25) is 0 Å². The highest BCUT2D eigenvalue weighted by molar-refractivity contribution is 5.53. The molecule has 0 spiro atoms. The first-order valence-electron chi connectivity index (χ1n) is 7.12. The van der Waals surface area contributed by atoms with Crippen LogP contribution in [0.3, 0.4) is 0 Å². The lowest BCUT2D eigenvalue weighted by Crippen LogP contribution is -2.45. The molecule has 21 heavy (non-hydrogen) atoms. The SMILES string of the molecule is CNc1cc(C(F)(F)F)cc(N2C3CCC2CC(O)C3)n1. The number of nitrogens with zero attached hydrogens (tertiary/aromatic N) is 2. The Labute approximate surface area is 121 Å². The van der Waals surface area contributed by atoms with Crippen LogP contribution in [-0.2, 0) is 6.18 Å². The van der Waals surface area contributed by atoms with Crippen LogP contribution < -0.4 is 10.2 Å². The maximum Gasteiger partial charge on any atom is 0.416 e. The summed E-state index contributed by atoms with van der Waals surface area (Å²) < 4.78 is 39.0. The van der Waals surface area contributed by atoms with E-state index >= 15 is 0 Å². The van der Waals surface area contributed by atoms with E-state index < -0.39 is 11.7 Å². The summed E-state index contributed by atoms with van der Waals surface area (Å²) in [6.07, 6.45) is -1.75. The third kappa shape index (κ3) is 2.66. The molecule has 0 aliphatic carbocycles. The number of hydrogen-bond acceptors (Lipinski definition) is 4. The lowest BCUT2D eigenvalue weighted by atomic mass is 10.00. The van der Waals surface area contributed by atoms with Crippen LogP contribution in [0.5, 0.6) is 0 Å². The number of fused-ring (bicyclic) bond motifs is 2. The maximum atomic E-state index is 13.0. The maximum absolute atomic E-state index is 13.0. The van der Waals surface area contributed by atoms with Crippen molar-refractivity contribution in [3.8, 4) is 0 Å². The average Bonchev–Trinajstić information content (AvgIpc) is 2.69. The Kier molecular flexibility index (Phi) is 3.47. The van der Waals surface area contributed by atoms with Gasteiger partial charge in [0, 0.05) is 19.1 Å². The Morgan fingerprint density at radius 2 is 1.86 bits per heavy atom. The minimum Gasteiger partial charge on any atom is -0.393 e. The standard InChI is InChI=1S/C14H18F3N3O/c1-18-12-4-8(14(15,16)17)5-13(19-12)20-9-2-3-10(20)7-11(21)6-9/h4-5,9-11,21H,2-3,6-7H2,1H3,(H,18,19). The molecular formula is C14H18F3N3O. The summed E-state index contributed by atoms with van der Waals surface area (Å²) in [4.78, 5) is 6.25. The summed E-state index contributed by atoms with van der Waals surface area (Å²) in [5.74, 6) is 0.568. The number of aliphatic hydroxyl groups is 1. The van der Waals surface area contributed by atoms with E-state index in [1.54, 1.807) is 7.05 Å². The van der Waals surface area contributed by atoms with Crippen molar-refractivity contribution >= 4 is 11.6 Å². The second-order valence-electron chi connectivity index (χ2n) is 5.76. The normalized spacial score (nSPS) is 28.8. The predicted molar refractivity (Wildman–Crippen MR) is 73.3 cm³/mol. The van der Waals surface area contributed by atoms with E-state index in [0.29, 0.717) is 18.7 Å². The van der Waals surface area contributed by atoms with Crippen LogP contribution in [0, 0.1) is 0 Å². The first kappa shape index (κ1) is 14.4. The Balaban J connectivity index is 1.99. The van der Waals surface area contributed by atoms with Crippen LogP contribution in [0.2, 0.25) is 0 Å². The van der Waals surface area contributed by atoms with Crippen molar-refractivity contribution in [2.45, 2.75) is 50.0 Å². The number of rotatable bonds is 2. The molecule has 2 fully saturated rings. The zero-order valence-corrected chi connectivity index (χ0v) is 11.7. The lowest BCUT2D eigenvalue weighted by Gasteiger charge is -2.38. The van der Waals surface area contributed by atoms with Gasteiger partial charge in [-0.2, -0.15) is 13.2 Å². The molecule has 2 unspecified atom stereocenters. The number of alkyl halides is 3. The molecule has 2 atom stereocenters. The van der Waals surface area contributed by atoms with E-state index in [-0.39, 0.29) is 24.0 Å². The number of piperidine rings is 1. The molecule has 7 heteroatoms. The second-order valence-corrected chi connectivity index (χ2v) is 5.76. The van der Waals surface area contributed by atoms with Crippen molar-refractivity contribution in [1.82, 2.24) is 4.98 Å². The monoisotopic (exact) mass is 301 g/mol. The van der Waals surface area contributed by atoms with Gasteiger partial charge in [-0.1, -0.05) is 0 Å². The number of aromatic nitrogens is 1. The predicted octanol–water partition coefficient (Wildman–Crippen LogP) is 2.63. The van der Waals surface area contributed by atoms with Crippen LogP contribution in [-0.4, -0.2) is 35.3 Å². The zero-order valence-electron chi connectivity index (χ0n) is 11.7. The highest BCUT2D eigenvalue weighted by Crippen LogP contribution is 2.41. The molecule has 0 saturated carbocycles. The average molecular weight is 301 g/mol. The third-order valence-corrected chi connectivity index (χ3v) is 4.37. The highest BCUT2D eigenvalue weighted by atomic mass is 19.4. The largest absolute Gasteiger partial charge is 0.416 e. The van der Waals surface area contributed by atoms with Crippen molar-refractivity contribution in [2.75, 3.05) is 17.3 Å². The summed E-state index contributed by atoms with van der Waals surface area (Å²) >= 11 is 0. The second kappa shape index (κ2) is 5.05. The van der Waals surface area contributed by atoms with Crippen molar-refractivity contribution in [2.24, 2.45) is 0 Å². The number of nitrogens with one attached hydrogen (secondary N) is 1. The minimum absolute atomic E-state index is 0.0828. The quantitative estimate of drug-likeness (QED) is 0.881. The third-order valence-electron chi connectivity index (χ3n) is 4.37. The minimum atomic E-state index is -4.39. The summed E-state index contributed by atoms with van der Waals surface area (Å²) in [6, 6.07) is 2.30. The number of pyridine rings is 1. The van der Waals surface area contributed by atoms with E-state index in [0.717, 1.165) is 25.0 Å². The molecule has 0 aromatic carbocycles. The number of aliphatic hydroxyl groups excluding tert-OH is 1. The van der Waals surface area contributed by atoms with Crippen LogP contribution in [0.25, 0.3) is 0 Å². The van der Waals surface area contributed by atoms with Crippen molar-refractivity contribution in [3.05, 3.63) is 17.7 Å². The molecule has 3 heterocycles. The molecule has 1 aromatic heterocycles. The van der Waals surface area contributed by atoms with E-state index in [1.165, 1.54) is 0 Å². The fourth-order valence-corrected chi connectivity index (χ4v) is 3.46. The molecule has 1 aromatic rings. The van der Waals surface area contributed by atoms with Gasteiger partial charge < -0.3 is 15.3 Å². The van der Waals surface area contributed by atoms with E-state index in [1.807, 2.05) is 4.90 Å². The van der Waals surface area contributed by atoms with Gasteiger partial charge in [-0.25, -0.2) is 4.98 Å². The number of halogens is 3. The molecule has 2 saturated heterocycles. The van der Waals surface area contributed by atoms with Crippen LogP contribution >= 0.6 is 0 Å². The Hall–Kier alpha value is -1.50. The van der Waals surface area contributed by atoms with Crippen LogP contribution in [0.4, 0.5) is 24.8 Å². The summed E-state index contributed by atoms with van der Waals surface area (Å²) in [6.45, 7) is 0. The molecule has 2 N–H and O–H groups in total. The first-order chi connectivity index (χ1) is 9.88. The molecule has 2 aliphatic heterocycles. The van der Waals surface area contributed by atoms with E-state index in [9.17, 15) is 18.3 Å². The van der Waals surface area contributed by atoms with Gasteiger partial charge in [0.1, 0.15) is 11.6 Å². The summed E-state index contributed by atoms with van der Waals surface area (Å²) in [5, 5.41) is 12.5. The van der Waals surface area contributed by atoms with Crippen molar-refractivity contribution in [3.63, 3.8) is 0 Å². The Morgan fingerprint density at radius 3 is 2.38 bits per heavy atom. The van der Waals surface area contributed by atoms with Gasteiger partial charge >= 0.3 is 6.18 Å². The Bertz CT molecular complexity index is 521. The Morgan fingerprint density at radius 1 is 1.24 bits per heavy atom. The number of hydrogen-bond donors (Lipinski definition) is 2. The van der Waals surface area contributed by atoms with Crippen LogP contribution in [0.1, 0.15) is 31.2 Å². The number of anilines is 2. The lowest BCUT2D eigenvalue weighted by molar-refractivity contribution is -0.137.